The molecular formula is C28H27FN8O4. The Hall–Kier alpha value is -5.04. The second-order valence-electron chi connectivity index (χ2n) is 9.72. The van der Waals surface area contributed by atoms with Crippen molar-refractivity contribution in [3.05, 3.63) is 89.4 Å². The number of hydrazine groups is 2. The molecule has 3 N–H and O–H groups in total. The highest BCUT2D eigenvalue weighted by Gasteiger charge is 2.24. The average molecular weight is 559 g/mol. The van der Waals surface area contributed by atoms with Gasteiger partial charge in [-0.3, -0.25) is 15.2 Å². The third-order valence-electron chi connectivity index (χ3n) is 6.95. The van der Waals surface area contributed by atoms with Crippen LogP contribution in [-0.4, -0.2) is 50.5 Å². The molecule has 1 saturated carbocycles. The Morgan fingerprint density at radius 3 is 2.66 bits per heavy atom. The molecule has 1 fully saturated rings. The number of benzene rings is 1. The van der Waals surface area contributed by atoms with Gasteiger partial charge in [-0.2, -0.15) is 0 Å². The fraction of sp³-hybridized carbons (Fsp3) is 0.250. The van der Waals surface area contributed by atoms with Crippen molar-refractivity contribution in [2.45, 2.75) is 31.8 Å². The minimum absolute atomic E-state index is 0.0212. The van der Waals surface area contributed by atoms with Crippen LogP contribution < -0.4 is 21.0 Å². The van der Waals surface area contributed by atoms with Crippen molar-refractivity contribution < 1.29 is 23.5 Å². The number of pyridine rings is 1. The second-order valence-corrected chi connectivity index (χ2v) is 9.72. The van der Waals surface area contributed by atoms with Crippen LogP contribution >= 0.6 is 0 Å². The van der Waals surface area contributed by atoms with Crippen LogP contribution in [0.3, 0.4) is 0 Å². The van der Waals surface area contributed by atoms with Crippen LogP contribution in [0.1, 0.15) is 46.2 Å². The zero-order valence-corrected chi connectivity index (χ0v) is 22.3. The SMILES string of the molecule is COC(=O)c1ncc(-c2ccc(OC)c(F)c2CNC(=O)C2=CN(Cc3cn4cc(C5CC5)ccc4n3)NN2)cn1. The Morgan fingerprint density at radius 1 is 1.12 bits per heavy atom. The topological polar surface area (TPSA) is 135 Å². The lowest BCUT2D eigenvalue weighted by Gasteiger charge is -2.14. The Labute approximate surface area is 234 Å². The number of amides is 1. The van der Waals surface area contributed by atoms with Crippen molar-refractivity contribution in [3.8, 4) is 16.9 Å². The minimum Gasteiger partial charge on any atom is -0.494 e. The van der Waals surface area contributed by atoms with Crippen LogP contribution in [0.25, 0.3) is 16.8 Å². The summed E-state index contributed by atoms with van der Waals surface area (Å²) in [5, 5.41) is 4.45. The van der Waals surface area contributed by atoms with E-state index in [2.05, 4.69) is 48.2 Å². The number of aromatic nitrogens is 4. The number of nitrogens with one attached hydrogen (secondary N) is 3. The van der Waals surface area contributed by atoms with E-state index in [4.69, 9.17) is 4.74 Å². The molecule has 1 aromatic carbocycles. The van der Waals surface area contributed by atoms with Crippen LogP contribution in [0.2, 0.25) is 0 Å². The predicted molar refractivity (Wildman–Crippen MR) is 144 cm³/mol. The number of carbonyl (C=O) groups is 2. The Bertz CT molecular complexity index is 1670. The van der Waals surface area contributed by atoms with Gasteiger partial charge in [0, 0.05) is 48.7 Å². The van der Waals surface area contributed by atoms with E-state index in [9.17, 15) is 9.59 Å². The summed E-state index contributed by atoms with van der Waals surface area (Å²) in [5.74, 6) is -1.22. The Kier molecular flexibility index (Phi) is 6.93. The molecule has 12 nitrogen and oxygen atoms in total. The molecule has 4 aromatic rings. The van der Waals surface area contributed by atoms with Crippen molar-refractivity contribution in [1.82, 2.24) is 40.6 Å². The molecule has 0 bridgehead atoms. The zero-order chi connectivity index (χ0) is 28.5. The predicted octanol–water partition coefficient (Wildman–Crippen LogP) is 2.59. The maximum absolute atomic E-state index is 15.3. The van der Waals surface area contributed by atoms with E-state index in [0.29, 0.717) is 23.6 Å². The van der Waals surface area contributed by atoms with E-state index in [1.807, 2.05) is 16.7 Å². The van der Waals surface area contributed by atoms with Gasteiger partial charge in [0.15, 0.2) is 11.6 Å². The second kappa shape index (κ2) is 10.8. The molecule has 1 aliphatic heterocycles. The van der Waals surface area contributed by atoms with Gasteiger partial charge < -0.3 is 19.2 Å². The van der Waals surface area contributed by atoms with Crippen molar-refractivity contribution >= 4 is 17.5 Å². The first-order chi connectivity index (χ1) is 19.9. The monoisotopic (exact) mass is 558 g/mol. The summed E-state index contributed by atoms with van der Waals surface area (Å²) >= 11 is 0. The molecule has 4 heterocycles. The molecule has 6 rings (SSSR count). The van der Waals surface area contributed by atoms with Gasteiger partial charge in [0.1, 0.15) is 11.3 Å². The first-order valence-electron chi connectivity index (χ1n) is 13.0. The third kappa shape index (κ3) is 5.39. The number of methoxy groups -OCH3 is 2. The summed E-state index contributed by atoms with van der Waals surface area (Å²) in [6.45, 7) is 0.269. The minimum atomic E-state index is -0.686. The van der Waals surface area contributed by atoms with Gasteiger partial charge in [0.2, 0.25) is 5.82 Å². The van der Waals surface area contributed by atoms with Crippen LogP contribution in [0.15, 0.2) is 60.9 Å². The molecule has 41 heavy (non-hydrogen) atoms. The van der Waals surface area contributed by atoms with Crippen LogP contribution in [0.4, 0.5) is 4.39 Å². The van der Waals surface area contributed by atoms with Gasteiger partial charge in [0.25, 0.3) is 5.91 Å². The van der Waals surface area contributed by atoms with Gasteiger partial charge >= 0.3 is 5.97 Å². The van der Waals surface area contributed by atoms with Gasteiger partial charge in [-0.05, 0) is 42.0 Å². The number of fused-ring (bicyclic) bond motifs is 1. The molecule has 3 aromatic heterocycles. The lowest BCUT2D eigenvalue weighted by Crippen LogP contribution is -2.38. The normalized spacial score (nSPS) is 14.5. The van der Waals surface area contributed by atoms with Crippen LogP contribution in [-0.2, 0) is 22.6 Å². The first kappa shape index (κ1) is 26.2. The summed E-state index contributed by atoms with van der Waals surface area (Å²) in [5.41, 5.74) is 10.1. The van der Waals surface area contributed by atoms with Crippen LogP contribution in [0.5, 0.6) is 5.75 Å². The van der Waals surface area contributed by atoms with Gasteiger partial charge in [-0.1, -0.05) is 12.1 Å². The van der Waals surface area contributed by atoms with Crippen LogP contribution in [0, 0.1) is 5.82 Å². The maximum Gasteiger partial charge on any atom is 0.376 e. The molecular weight excluding hydrogens is 531 g/mol. The summed E-state index contributed by atoms with van der Waals surface area (Å²) in [7, 11) is 2.59. The highest BCUT2D eigenvalue weighted by molar-refractivity contribution is 5.93. The van der Waals surface area contributed by atoms with E-state index in [1.54, 1.807) is 17.3 Å². The summed E-state index contributed by atoms with van der Waals surface area (Å²) < 4.78 is 27.1. The molecule has 13 heteroatoms. The van der Waals surface area contributed by atoms with Gasteiger partial charge in [0.05, 0.1) is 26.5 Å². The van der Waals surface area contributed by atoms with Crippen molar-refractivity contribution in [2.75, 3.05) is 14.2 Å². The number of halogens is 1. The van der Waals surface area contributed by atoms with Crippen molar-refractivity contribution in [1.29, 1.82) is 0 Å². The number of nitrogens with zero attached hydrogens (tertiary/aromatic N) is 5. The molecule has 0 radical (unpaired) electrons. The summed E-state index contributed by atoms with van der Waals surface area (Å²) in [4.78, 5) is 37.3. The summed E-state index contributed by atoms with van der Waals surface area (Å²) in [6, 6.07) is 7.26. The lowest BCUT2D eigenvalue weighted by atomic mass is 10.0. The van der Waals surface area contributed by atoms with Gasteiger partial charge in [-0.15, -0.1) is 5.53 Å². The molecule has 0 spiro atoms. The highest BCUT2D eigenvalue weighted by atomic mass is 19.1. The zero-order valence-electron chi connectivity index (χ0n) is 22.3. The molecule has 1 aliphatic carbocycles. The number of ether oxygens (including phenoxy) is 2. The smallest absolute Gasteiger partial charge is 0.376 e. The molecule has 0 unspecified atom stereocenters. The Balaban J connectivity index is 1.15. The molecule has 0 saturated heterocycles. The maximum atomic E-state index is 15.3. The van der Waals surface area contributed by atoms with Gasteiger partial charge in [-0.25, -0.2) is 24.1 Å². The van der Waals surface area contributed by atoms with E-state index in [1.165, 1.54) is 51.1 Å². The van der Waals surface area contributed by atoms with Crippen molar-refractivity contribution in [2.24, 2.45) is 0 Å². The first-order valence-corrected chi connectivity index (χ1v) is 13.0. The van der Waals surface area contributed by atoms with E-state index in [0.717, 1.165) is 11.3 Å². The number of imidazole rings is 1. The lowest BCUT2D eigenvalue weighted by molar-refractivity contribution is -0.118. The summed E-state index contributed by atoms with van der Waals surface area (Å²) in [6.07, 6.45) is 11.0. The highest BCUT2D eigenvalue weighted by Crippen LogP contribution is 2.40. The fourth-order valence-corrected chi connectivity index (χ4v) is 4.65. The quantitative estimate of drug-likeness (QED) is 0.263. The number of hydrogen-bond donors (Lipinski definition) is 3. The standard InChI is InChI=1S/C28H27FN8O4/c1-40-23-7-6-20(18-9-30-26(31-10-18)28(39)41-2)21(25(23)29)11-32-27(38)22-15-37(35-34-22)14-19-13-36-12-17(16-3-4-16)5-8-24(36)33-19/h5-10,12-13,15-16,34-35H,3-4,11,14H2,1-2H3,(H,32,38). The Morgan fingerprint density at radius 2 is 1.93 bits per heavy atom. The fourth-order valence-electron chi connectivity index (χ4n) is 4.65. The largest absolute Gasteiger partial charge is 0.494 e. The number of hydrogen-bond acceptors (Lipinski definition) is 10. The molecule has 210 valence electrons. The number of carbonyl (C=O) groups excluding carboxylic acids is 2. The van der Waals surface area contributed by atoms with E-state index < -0.39 is 17.7 Å². The molecule has 1 amide bonds. The van der Waals surface area contributed by atoms with E-state index in [-0.39, 0.29) is 29.4 Å². The molecule has 0 atom stereocenters. The van der Waals surface area contributed by atoms with E-state index >= 15 is 4.39 Å². The molecule has 2 aliphatic rings. The van der Waals surface area contributed by atoms with Crippen molar-refractivity contribution in [3.63, 3.8) is 0 Å². The number of rotatable bonds is 9. The average Bonchev–Trinajstić information content (AvgIpc) is 3.61. The third-order valence-corrected chi connectivity index (χ3v) is 6.95. The number of esters is 1.